The van der Waals surface area contributed by atoms with E-state index in [0.717, 1.165) is 22.6 Å². The summed E-state index contributed by atoms with van der Waals surface area (Å²) in [7, 11) is 1.62. The molecule has 1 amide bonds. The Morgan fingerprint density at radius 2 is 1.96 bits per heavy atom. The summed E-state index contributed by atoms with van der Waals surface area (Å²) in [6, 6.07) is 15.8. The number of amides is 1. The van der Waals surface area contributed by atoms with Crippen LogP contribution >= 0.6 is 0 Å². The van der Waals surface area contributed by atoms with Gasteiger partial charge >= 0.3 is 0 Å². The molecule has 1 aliphatic heterocycles. The largest absolute Gasteiger partial charge is 0.462 e. The first-order valence-corrected chi connectivity index (χ1v) is 9.24. The fourth-order valence-corrected chi connectivity index (χ4v) is 3.62. The highest BCUT2D eigenvalue weighted by molar-refractivity contribution is 6.02. The van der Waals surface area contributed by atoms with Crippen molar-refractivity contribution in [1.29, 1.82) is 0 Å². The fraction of sp³-hybridized carbons (Fsp3) is 0.273. The smallest absolute Gasteiger partial charge is 0.257 e. The number of benzene rings is 1. The molecular formula is C22H23N3O3. The molecule has 0 fully saturated rings. The van der Waals surface area contributed by atoms with Gasteiger partial charge in [-0.25, -0.2) is 4.98 Å². The maximum atomic E-state index is 13.0. The maximum Gasteiger partial charge on any atom is 0.257 e. The number of carbonyl (C=O) groups excluding carboxylic acids is 1. The number of nitrogens with zero attached hydrogens (tertiary/aromatic N) is 2. The summed E-state index contributed by atoms with van der Waals surface area (Å²) in [5.41, 5.74) is 3.35. The third kappa shape index (κ3) is 3.39. The number of ether oxygens (including phenoxy) is 1. The van der Waals surface area contributed by atoms with Gasteiger partial charge in [0.25, 0.3) is 5.91 Å². The molecule has 0 unspecified atom stereocenters. The lowest BCUT2D eigenvalue weighted by Gasteiger charge is -2.38. The van der Waals surface area contributed by atoms with Crippen LogP contribution in [0.4, 0.5) is 5.82 Å². The molecule has 2 aromatic heterocycles. The Hall–Kier alpha value is -3.12. The number of pyridine rings is 1. The summed E-state index contributed by atoms with van der Waals surface area (Å²) in [6.07, 6.45) is -0.432. The van der Waals surface area contributed by atoms with Gasteiger partial charge in [-0.2, -0.15) is 0 Å². The highest BCUT2D eigenvalue weighted by atomic mass is 16.5. The van der Waals surface area contributed by atoms with Gasteiger partial charge in [0.2, 0.25) is 0 Å². The SMILES string of the molecule is COCc1cc(C)nc2c1C(=O)N[C@@H](c1ccc(C)o1)N2Cc1ccccc1. The van der Waals surface area contributed by atoms with Crippen molar-refractivity contribution in [3.63, 3.8) is 0 Å². The number of hydrogen-bond donors (Lipinski definition) is 1. The van der Waals surface area contributed by atoms with E-state index in [1.165, 1.54) is 0 Å². The molecule has 1 N–H and O–H groups in total. The highest BCUT2D eigenvalue weighted by Gasteiger charge is 2.36. The van der Waals surface area contributed by atoms with Crippen molar-refractivity contribution in [3.8, 4) is 0 Å². The molecule has 0 spiro atoms. The average molecular weight is 377 g/mol. The first-order valence-electron chi connectivity index (χ1n) is 9.24. The summed E-state index contributed by atoms with van der Waals surface area (Å²) in [5.74, 6) is 1.97. The van der Waals surface area contributed by atoms with Gasteiger partial charge in [0.05, 0.1) is 12.2 Å². The molecule has 1 aliphatic rings. The van der Waals surface area contributed by atoms with Crippen molar-refractivity contribution in [3.05, 3.63) is 82.4 Å². The second kappa shape index (κ2) is 7.48. The lowest BCUT2D eigenvalue weighted by molar-refractivity contribution is 0.0913. The van der Waals surface area contributed by atoms with Crippen LogP contribution in [-0.4, -0.2) is 18.0 Å². The van der Waals surface area contributed by atoms with Gasteiger partial charge in [-0.15, -0.1) is 0 Å². The van der Waals surface area contributed by atoms with Crippen molar-refractivity contribution in [2.75, 3.05) is 12.0 Å². The van der Waals surface area contributed by atoms with Crippen LogP contribution in [-0.2, 0) is 17.9 Å². The molecule has 3 aromatic rings. The molecule has 0 bridgehead atoms. The third-order valence-corrected chi connectivity index (χ3v) is 4.81. The van der Waals surface area contributed by atoms with Crippen molar-refractivity contribution in [2.24, 2.45) is 0 Å². The Morgan fingerprint density at radius 3 is 2.64 bits per heavy atom. The summed E-state index contributed by atoms with van der Waals surface area (Å²) in [6.45, 7) is 4.76. The molecule has 6 nitrogen and oxygen atoms in total. The average Bonchev–Trinajstić information content (AvgIpc) is 3.10. The second-order valence-corrected chi connectivity index (χ2v) is 6.99. The molecule has 144 valence electrons. The molecule has 3 heterocycles. The number of hydrogen-bond acceptors (Lipinski definition) is 5. The number of aryl methyl sites for hydroxylation is 2. The number of anilines is 1. The molecule has 1 atom stereocenters. The molecule has 0 saturated heterocycles. The first kappa shape index (κ1) is 18.3. The first-order chi connectivity index (χ1) is 13.6. The van der Waals surface area contributed by atoms with Gasteiger partial charge in [-0.05, 0) is 43.2 Å². The normalized spacial score (nSPS) is 16.0. The number of nitrogens with one attached hydrogen (secondary N) is 1. The zero-order valence-electron chi connectivity index (χ0n) is 16.2. The topological polar surface area (TPSA) is 67.6 Å². The highest BCUT2D eigenvalue weighted by Crippen LogP contribution is 2.36. The van der Waals surface area contributed by atoms with Crippen LogP contribution in [0.2, 0.25) is 0 Å². The molecule has 0 aliphatic carbocycles. The van der Waals surface area contributed by atoms with Crippen molar-refractivity contribution in [2.45, 2.75) is 33.2 Å². The van der Waals surface area contributed by atoms with E-state index < -0.39 is 6.17 Å². The van der Waals surface area contributed by atoms with Crippen LogP contribution in [0.1, 0.15) is 44.9 Å². The maximum absolute atomic E-state index is 13.0. The number of furan rings is 1. The minimum Gasteiger partial charge on any atom is -0.462 e. The van der Waals surface area contributed by atoms with E-state index in [2.05, 4.69) is 22.3 Å². The zero-order valence-corrected chi connectivity index (χ0v) is 16.2. The van der Waals surface area contributed by atoms with Crippen molar-refractivity contribution in [1.82, 2.24) is 10.3 Å². The van der Waals surface area contributed by atoms with E-state index in [-0.39, 0.29) is 5.91 Å². The Bertz CT molecular complexity index is 998. The van der Waals surface area contributed by atoms with Gasteiger partial charge in [-0.1, -0.05) is 30.3 Å². The minimum absolute atomic E-state index is 0.169. The molecule has 28 heavy (non-hydrogen) atoms. The van der Waals surface area contributed by atoms with E-state index in [0.29, 0.717) is 30.3 Å². The van der Waals surface area contributed by atoms with Crippen LogP contribution < -0.4 is 10.2 Å². The molecule has 0 radical (unpaired) electrons. The van der Waals surface area contributed by atoms with Gasteiger partial charge < -0.3 is 19.4 Å². The number of aromatic nitrogens is 1. The Labute approximate surface area is 164 Å². The molecule has 6 heteroatoms. The molecule has 1 aromatic carbocycles. The number of rotatable bonds is 5. The molecule has 0 saturated carbocycles. The summed E-state index contributed by atoms with van der Waals surface area (Å²) < 4.78 is 11.2. The second-order valence-electron chi connectivity index (χ2n) is 6.99. The Morgan fingerprint density at radius 1 is 1.18 bits per heavy atom. The van der Waals surface area contributed by atoms with E-state index in [9.17, 15) is 4.79 Å². The number of carbonyl (C=O) groups is 1. The van der Waals surface area contributed by atoms with E-state index in [1.807, 2.05) is 50.2 Å². The van der Waals surface area contributed by atoms with Crippen LogP contribution in [0.25, 0.3) is 0 Å². The van der Waals surface area contributed by atoms with Crippen LogP contribution in [0.15, 0.2) is 52.9 Å². The third-order valence-electron chi connectivity index (χ3n) is 4.81. The minimum atomic E-state index is -0.432. The molecule has 4 rings (SSSR count). The Balaban J connectivity index is 1.85. The lowest BCUT2D eigenvalue weighted by Crippen LogP contribution is -2.47. The standard InChI is InChI=1S/C22H23N3O3/c1-14-11-17(13-27-3)19-21(23-14)25(12-16-7-5-4-6-8-16)20(24-22(19)26)18-10-9-15(2)28-18/h4-11,20H,12-13H2,1-3H3,(H,24,26)/t20-/m1/s1. The molecular weight excluding hydrogens is 354 g/mol. The van der Waals surface area contributed by atoms with E-state index in [1.54, 1.807) is 7.11 Å². The zero-order chi connectivity index (χ0) is 19.7. The van der Waals surface area contributed by atoms with Crippen LogP contribution in [0, 0.1) is 13.8 Å². The predicted octanol–water partition coefficient (Wildman–Crippen LogP) is 3.89. The predicted molar refractivity (Wildman–Crippen MR) is 106 cm³/mol. The van der Waals surface area contributed by atoms with Gasteiger partial charge in [0.1, 0.15) is 17.3 Å². The number of fused-ring (bicyclic) bond motifs is 1. The summed E-state index contributed by atoms with van der Waals surface area (Å²) in [5, 5.41) is 3.09. The van der Waals surface area contributed by atoms with Crippen LogP contribution in [0.5, 0.6) is 0 Å². The van der Waals surface area contributed by atoms with Gasteiger partial charge in [0, 0.05) is 19.3 Å². The van der Waals surface area contributed by atoms with Crippen LogP contribution in [0.3, 0.4) is 0 Å². The van der Waals surface area contributed by atoms with E-state index >= 15 is 0 Å². The summed E-state index contributed by atoms with van der Waals surface area (Å²) in [4.78, 5) is 19.8. The van der Waals surface area contributed by atoms with Gasteiger partial charge in [0.15, 0.2) is 6.17 Å². The summed E-state index contributed by atoms with van der Waals surface area (Å²) >= 11 is 0. The monoisotopic (exact) mass is 377 g/mol. The van der Waals surface area contributed by atoms with Crippen molar-refractivity contribution >= 4 is 11.7 Å². The quantitative estimate of drug-likeness (QED) is 0.731. The van der Waals surface area contributed by atoms with Gasteiger partial charge in [-0.3, -0.25) is 4.79 Å². The Kier molecular flexibility index (Phi) is 4.88. The van der Waals surface area contributed by atoms with Crippen molar-refractivity contribution < 1.29 is 13.9 Å². The van der Waals surface area contributed by atoms with E-state index in [4.69, 9.17) is 14.1 Å². The lowest BCUT2D eigenvalue weighted by atomic mass is 10.0. The number of methoxy groups -OCH3 is 1. The fourth-order valence-electron chi connectivity index (χ4n) is 3.62.